The van der Waals surface area contributed by atoms with Crippen LogP contribution in [-0.2, 0) is 14.3 Å². The van der Waals surface area contributed by atoms with E-state index in [1.807, 2.05) is 0 Å². The predicted molar refractivity (Wildman–Crippen MR) is 135 cm³/mol. The molecular formula is C26H50N2Na2O6+2. The van der Waals surface area contributed by atoms with Gasteiger partial charge in [0.2, 0.25) is 0 Å². The number of aliphatic carboxylic acids is 2. The minimum Gasteiger partial charge on any atom is -0.870 e. The molecule has 1 aliphatic heterocycles. The van der Waals surface area contributed by atoms with Gasteiger partial charge in [-0.2, -0.15) is 0 Å². The predicted octanol–water partition coefficient (Wildman–Crippen LogP) is -0.506. The van der Waals surface area contributed by atoms with Gasteiger partial charge in [0.15, 0.2) is 12.4 Å². The van der Waals surface area contributed by atoms with Gasteiger partial charge in [0.25, 0.3) is 0 Å². The van der Waals surface area contributed by atoms with E-state index in [4.69, 9.17) is 9.84 Å². The Labute approximate surface area is 263 Å². The number of aliphatic imine (C=N–C) groups is 1. The molecule has 0 aromatic heterocycles. The molecule has 200 valence electrons. The fourth-order valence-corrected chi connectivity index (χ4v) is 4.77. The Hall–Kier alpha value is 0.490. The summed E-state index contributed by atoms with van der Waals surface area (Å²) < 4.78 is 5.49. The molecule has 0 radical (unpaired) electrons. The van der Waals surface area contributed by atoms with Crippen LogP contribution < -0.4 is 59.1 Å². The number of carboxylic acids is 2. The first kappa shape index (κ1) is 41.0. The molecule has 0 saturated heterocycles. The Balaban J connectivity index is -0.00000363. The second kappa shape index (κ2) is 27.1. The molecule has 1 heterocycles. The SMILES string of the molecule is CCCCCCCCCCCCCCCCCC1=NCC[N+]1(CCOCC(=O)O)CC(=O)O.[Na+].[Na+].[OH-]. The Morgan fingerprint density at radius 2 is 1.28 bits per heavy atom. The first-order chi connectivity index (χ1) is 16.0. The quantitative estimate of drug-likeness (QED) is 0.104. The number of nitrogens with zero attached hydrogens (tertiary/aromatic N) is 2. The minimum atomic E-state index is -1.01. The average Bonchev–Trinajstić information content (AvgIpc) is 3.15. The third kappa shape index (κ3) is 20.5. The molecule has 8 nitrogen and oxygen atoms in total. The topological polar surface area (TPSA) is 126 Å². The Morgan fingerprint density at radius 1 is 0.806 bits per heavy atom. The van der Waals surface area contributed by atoms with Gasteiger partial charge in [-0.25, -0.2) is 14.6 Å². The van der Waals surface area contributed by atoms with E-state index in [1.54, 1.807) is 0 Å². The van der Waals surface area contributed by atoms with Gasteiger partial charge in [0, 0.05) is 6.42 Å². The van der Waals surface area contributed by atoms with Crippen molar-refractivity contribution in [2.75, 3.05) is 39.4 Å². The summed E-state index contributed by atoms with van der Waals surface area (Å²) in [5, 5.41) is 18.1. The summed E-state index contributed by atoms with van der Waals surface area (Å²) >= 11 is 0. The Kier molecular flexibility index (Phi) is 30.8. The van der Waals surface area contributed by atoms with Crippen LogP contribution in [-0.4, -0.2) is 77.3 Å². The van der Waals surface area contributed by atoms with Crippen molar-refractivity contribution in [3.63, 3.8) is 0 Å². The first-order valence-corrected chi connectivity index (χ1v) is 13.4. The van der Waals surface area contributed by atoms with Crippen LogP contribution in [0.2, 0.25) is 0 Å². The molecule has 0 spiro atoms. The van der Waals surface area contributed by atoms with Crippen molar-refractivity contribution in [1.82, 2.24) is 0 Å². The summed E-state index contributed by atoms with van der Waals surface area (Å²) in [6, 6.07) is 0. The largest absolute Gasteiger partial charge is 1.00 e. The Morgan fingerprint density at radius 3 is 1.72 bits per heavy atom. The number of ether oxygens (including phenoxy) is 1. The molecule has 0 aromatic carbocycles. The molecule has 1 aliphatic rings. The van der Waals surface area contributed by atoms with Crippen LogP contribution in [0.15, 0.2) is 4.99 Å². The third-order valence-electron chi connectivity index (χ3n) is 6.70. The van der Waals surface area contributed by atoms with Crippen molar-refractivity contribution < 1.29 is 93.6 Å². The van der Waals surface area contributed by atoms with Crippen molar-refractivity contribution in [2.45, 2.75) is 110 Å². The molecule has 10 heteroatoms. The van der Waals surface area contributed by atoms with Crippen molar-refractivity contribution in [3.05, 3.63) is 0 Å². The molecule has 1 rings (SSSR count). The maximum atomic E-state index is 11.5. The number of carboxylic acid groups (broad SMARTS) is 2. The maximum Gasteiger partial charge on any atom is 1.00 e. The Bertz CT molecular complexity index is 581. The van der Waals surface area contributed by atoms with Crippen LogP contribution in [0.25, 0.3) is 0 Å². The molecule has 1 atom stereocenters. The van der Waals surface area contributed by atoms with Crippen LogP contribution >= 0.6 is 0 Å². The van der Waals surface area contributed by atoms with Crippen LogP contribution in [0.3, 0.4) is 0 Å². The molecule has 36 heavy (non-hydrogen) atoms. The molecular weight excluding hydrogens is 482 g/mol. The molecule has 3 N–H and O–H groups in total. The number of carbonyl (C=O) groups is 2. The van der Waals surface area contributed by atoms with Gasteiger partial charge in [-0.1, -0.05) is 96.8 Å². The molecule has 0 bridgehead atoms. The van der Waals surface area contributed by atoms with Gasteiger partial charge in [-0.3, -0.25) is 4.48 Å². The van der Waals surface area contributed by atoms with E-state index in [-0.39, 0.29) is 84.3 Å². The standard InChI is InChI=1S/C26H48N2O5.2Na.H2O/c1-2-3-4-5-6-7-8-9-10-11-12-13-14-15-16-17-24-27-18-19-28(24,22-25(29)30)20-21-33-23-26(31)32;;;/h2-23H2,1H3,(H-,29,30,31,32);;;1H2/q;2*+1;. The summed E-state index contributed by atoms with van der Waals surface area (Å²) in [6.07, 6.45) is 20.7. The fraction of sp³-hybridized carbons (Fsp3) is 0.885. The van der Waals surface area contributed by atoms with Crippen molar-refractivity contribution in [2.24, 2.45) is 4.99 Å². The van der Waals surface area contributed by atoms with Crippen LogP contribution in [0, 0.1) is 0 Å². The van der Waals surface area contributed by atoms with Gasteiger partial charge < -0.3 is 20.4 Å². The monoisotopic (exact) mass is 532 g/mol. The van der Waals surface area contributed by atoms with Gasteiger partial charge in [0.1, 0.15) is 19.7 Å². The summed E-state index contributed by atoms with van der Waals surface area (Å²) in [5.41, 5.74) is 0. The van der Waals surface area contributed by atoms with E-state index < -0.39 is 11.9 Å². The van der Waals surface area contributed by atoms with E-state index in [0.29, 0.717) is 24.1 Å². The molecule has 1 unspecified atom stereocenters. The zero-order valence-corrected chi connectivity index (χ0v) is 27.5. The number of hydrogen-bond acceptors (Lipinski definition) is 5. The third-order valence-corrected chi connectivity index (χ3v) is 6.70. The summed E-state index contributed by atoms with van der Waals surface area (Å²) in [7, 11) is 0. The smallest absolute Gasteiger partial charge is 0.870 e. The van der Waals surface area contributed by atoms with E-state index in [1.165, 1.54) is 83.5 Å². The normalized spacial score (nSPS) is 16.4. The van der Waals surface area contributed by atoms with Gasteiger partial charge in [-0.05, 0) is 6.42 Å². The number of quaternary nitrogens is 1. The van der Waals surface area contributed by atoms with E-state index in [0.717, 1.165) is 25.1 Å². The minimum absolute atomic E-state index is 0. The van der Waals surface area contributed by atoms with E-state index >= 15 is 0 Å². The second-order valence-corrected chi connectivity index (χ2v) is 9.59. The van der Waals surface area contributed by atoms with Crippen LogP contribution in [0.4, 0.5) is 0 Å². The van der Waals surface area contributed by atoms with Crippen molar-refractivity contribution >= 4 is 17.8 Å². The zero-order chi connectivity index (χ0) is 24.2. The molecule has 0 aliphatic carbocycles. The number of amidine groups is 1. The van der Waals surface area contributed by atoms with Gasteiger partial charge >= 0.3 is 71.1 Å². The van der Waals surface area contributed by atoms with Crippen molar-refractivity contribution in [3.8, 4) is 0 Å². The molecule has 0 aromatic rings. The van der Waals surface area contributed by atoms with E-state index in [9.17, 15) is 14.7 Å². The first-order valence-electron chi connectivity index (χ1n) is 13.4. The molecule has 0 amide bonds. The molecule has 0 saturated carbocycles. The number of unbranched alkanes of at least 4 members (excludes halogenated alkanes) is 14. The second-order valence-electron chi connectivity index (χ2n) is 9.59. The van der Waals surface area contributed by atoms with Gasteiger partial charge in [0.05, 0.1) is 13.2 Å². The van der Waals surface area contributed by atoms with E-state index in [2.05, 4.69) is 11.9 Å². The summed E-state index contributed by atoms with van der Waals surface area (Å²) in [5.74, 6) is -0.904. The molecule has 0 fully saturated rings. The summed E-state index contributed by atoms with van der Waals surface area (Å²) in [6.45, 7) is 3.92. The number of rotatable bonds is 23. The summed E-state index contributed by atoms with van der Waals surface area (Å²) in [4.78, 5) is 26.7. The fourth-order valence-electron chi connectivity index (χ4n) is 4.77. The van der Waals surface area contributed by atoms with Gasteiger partial charge in [-0.15, -0.1) is 0 Å². The maximum absolute atomic E-state index is 11.5. The van der Waals surface area contributed by atoms with Crippen LogP contribution in [0.5, 0.6) is 0 Å². The van der Waals surface area contributed by atoms with Crippen molar-refractivity contribution in [1.29, 1.82) is 0 Å². The average molecular weight is 533 g/mol. The number of hydrogen-bond donors (Lipinski definition) is 2. The van der Waals surface area contributed by atoms with Crippen LogP contribution in [0.1, 0.15) is 110 Å². The zero-order valence-electron chi connectivity index (χ0n) is 23.5.